The van der Waals surface area contributed by atoms with Gasteiger partial charge < -0.3 is 28.8 Å². The maximum Gasteiger partial charge on any atom is 0.339 e. The fraction of sp³-hybridized carbons (Fsp3) is 0.333. The number of hydrogen-bond donors (Lipinski definition) is 4. The van der Waals surface area contributed by atoms with E-state index >= 15 is 0 Å². The summed E-state index contributed by atoms with van der Waals surface area (Å²) in [6.07, 6.45) is 3.17. The number of carbonyl (C=O) groups is 1. The number of amidine groups is 1. The Kier molecular flexibility index (Phi) is 9.15. The van der Waals surface area contributed by atoms with Gasteiger partial charge in [-0.3, -0.25) is 9.96 Å². The maximum atomic E-state index is 15.0. The van der Waals surface area contributed by atoms with E-state index in [1.165, 1.54) is 30.3 Å². The van der Waals surface area contributed by atoms with E-state index in [-0.39, 0.29) is 52.0 Å². The number of carbonyl (C=O) groups excluding carboxylic acids is 1. The highest BCUT2D eigenvalue weighted by atomic mass is 32.3. The third-order valence-corrected chi connectivity index (χ3v) is 6.93. The Hall–Kier alpha value is -3.32. The predicted octanol–water partition coefficient (Wildman–Crippen LogP) is 1.71. The molecule has 0 spiro atoms. The largest absolute Gasteiger partial charge is 0.491 e. The summed E-state index contributed by atoms with van der Waals surface area (Å²) in [5.74, 6) is -0.600. The minimum atomic E-state index is -2.93. The number of halogens is 1. The summed E-state index contributed by atoms with van der Waals surface area (Å²) in [5.41, 5.74) is 0.157. The molecule has 1 unspecified atom stereocenters. The van der Waals surface area contributed by atoms with Crippen LogP contribution in [0.15, 0.2) is 47.5 Å². The number of benzene rings is 2. The number of amides is 1. The molecule has 0 aliphatic carbocycles. The van der Waals surface area contributed by atoms with Gasteiger partial charge in [-0.15, -0.1) is 0 Å². The maximum absolute atomic E-state index is 15.0. The standard InChI is InChI=1S/C24H30FN3O7S/c1-15(14-32-3)34-17-9-16(24(29)28-23(26)5-6-27-2)10-18(11-17)35-20-13-21-22(12-19(20)25)36(30,31)8-4-7-33-21/h5-6,9-13,15,27,30-31H,4,7-8,14H2,1-3H3,(H2,26,28,29)/p+2/b6-5-/t15-/m0/s1. The van der Waals surface area contributed by atoms with Crippen LogP contribution < -0.4 is 30.3 Å². The molecular weight excluding hydrogens is 493 g/mol. The number of fused-ring (bicyclic) bond motifs is 1. The summed E-state index contributed by atoms with van der Waals surface area (Å²) in [7, 11) is 0.298. The second-order valence-electron chi connectivity index (χ2n) is 8.05. The molecule has 0 radical (unpaired) electrons. The average Bonchev–Trinajstić information content (AvgIpc) is 2.95. The summed E-state index contributed by atoms with van der Waals surface area (Å²) < 4.78 is 56.0. The van der Waals surface area contributed by atoms with Gasteiger partial charge in [0.05, 0.1) is 24.5 Å². The molecule has 12 heteroatoms. The topological polar surface area (TPSA) is 147 Å². The molecule has 10 nitrogen and oxygen atoms in total. The summed E-state index contributed by atoms with van der Waals surface area (Å²) in [6, 6.07) is 6.79. The van der Waals surface area contributed by atoms with Crippen molar-refractivity contribution in [2.75, 3.05) is 33.1 Å². The summed E-state index contributed by atoms with van der Waals surface area (Å²) in [4.78, 5) is 12.9. The number of hydrogen-bond acceptors (Lipinski definition) is 7. The van der Waals surface area contributed by atoms with Crippen LogP contribution in [0.25, 0.3) is 0 Å². The van der Waals surface area contributed by atoms with Crippen molar-refractivity contribution in [3.8, 4) is 23.0 Å². The monoisotopic (exact) mass is 525 g/mol. The fourth-order valence-corrected chi connectivity index (χ4v) is 4.91. The zero-order valence-corrected chi connectivity index (χ0v) is 21.1. The fourth-order valence-electron chi connectivity index (χ4n) is 3.41. The van der Waals surface area contributed by atoms with Crippen molar-refractivity contribution < 1.29 is 42.6 Å². The van der Waals surface area contributed by atoms with E-state index in [4.69, 9.17) is 28.9 Å². The Balaban J connectivity index is 1.94. The van der Waals surface area contributed by atoms with Gasteiger partial charge in [-0.05, 0) is 19.1 Å². The summed E-state index contributed by atoms with van der Waals surface area (Å²) >= 11 is 0. The zero-order valence-electron chi connectivity index (χ0n) is 20.3. The lowest BCUT2D eigenvalue weighted by molar-refractivity contribution is -0.115. The van der Waals surface area contributed by atoms with E-state index in [9.17, 15) is 13.7 Å². The van der Waals surface area contributed by atoms with Crippen LogP contribution in [0.5, 0.6) is 23.0 Å². The van der Waals surface area contributed by atoms with E-state index in [1.807, 2.05) is 0 Å². The first kappa shape index (κ1) is 27.3. The van der Waals surface area contributed by atoms with Gasteiger partial charge in [-0.25, -0.2) is 14.5 Å². The molecule has 0 saturated carbocycles. The number of methoxy groups -OCH3 is 1. The molecule has 0 saturated heterocycles. The van der Waals surface area contributed by atoms with Gasteiger partial charge in [-0.2, -0.15) is 0 Å². The summed E-state index contributed by atoms with van der Waals surface area (Å²) in [5, 5.41) is 11.1. The average molecular weight is 526 g/mol. The normalized spacial score (nSPS) is 19.7. The molecule has 2 atom stereocenters. The molecule has 7 N–H and O–H groups in total. The van der Waals surface area contributed by atoms with Crippen LogP contribution in [0.3, 0.4) is 0 Å². The van der Waals surface area contributed by atoms with Crippen LogP contribution in [-0.4, -0.2) is 60.1 Å². The Bertz CT molecular complexity index is 1140. The highest BCUT2D eigenvalue weighted by Gasteiger charge is 2.30. The minimum absolute atomic E-state index is 0.107. The molecule has 1 amide bonds. The molecule has 0 aromatic heterocycles. The van der Waals surface area contributed by atoms with Crippen LogP contribution in [0.1, 0.15) is 23.7 Å². The van der Waals surface area contributed by atoms with Gasteiger partial charge >= 0.3 is 5.91 Å². The predicted molar refractivity (Wildman–Crippen MR) is 135 cm³/mol. The lowest BCUT2D eigenvalue weighted by Gasteiger charge is -2.26. The first-order valence-electron chi connectivity index (χ1n) is 11.1. The molecule has 196 valence electrons. The Labute approximate surface area is 210 Å². The van der Waals surface area contributed by atoms with Gasteiger partial charge in [0, 0.05) is 51.1 Å². The first-order valence-corrected chi connectivity index (χ1v) is 12.9. The molecule has 0 bridgehead atoms. The van der Waals surface area contributed by atoms with E-state index in [0.717, 1.165) is 6.07 Å². The number of rotatable bonds is 9. The SMILES string of the molecule is CN/C=C\C(=[NH2+])NC(=O)c1cc(Oc2cc3c(cc2F)S(O)([OH2+])CCCO3)cc(O[C@@H](C)COC)c1. The number of nitrogens with one attached hydrogen (secondary N) is 2. The van der Waals surface area contributed by atoms with Crippen molar-refractivity contribution in [3.05, 3.63) is 54.0 Å². The number of nitrogens with two attached hydrogens (primary N) is 1. The number of ether oxygens (including phenoxy) is 4. The molecule has 1 aliphatic heterocycles. The van der Waals surface area contributed by atoms with E-state index in [0.29, 0.717) is 18.8 Å². The molecule has 0 fully saturated rings. The van der Waals surface area contributed by atoms with E-state index in [2.05, 4.69) is 10.6 Å². The first-order chi connectivity index (χ1) is 17.1. The molecule has 2 aromatic carbocycles. The smallest absolute Gasteiger partial charge is 0.339 e. The van der Waals surface area contributed by atoms with Crippen LogP contribution >= 0.6 is 10.6 Å². The van der Waals surface area contributed by atoms with Crippen molar-refractivity contribution in [3.63, 3.8) is 0 Å². The Morgan fingerprint density at radius 1 is 1.33 bits per heavy atom. The van der Waals surface area contributed by atoms with Crippen molar-refractivity contribution in [1.29, 1.82) is 0 Å². The minimum Gasteiger partial charge on any atom is -0.491 e. The van der Waals surface area contributed by atoms with E-state index in [1.54, 1.807) is 27.3 Å². The van der Waals surface area contributed by atoms with E-state index < -0.39 is 22.3 Å². The van der Waals surface area contributed by atoms with Crippen molar-refractivity contribution in [2.24, 2.45) is 0 Å². The summed E-state index contributed by atoms with van der Waals surface area (Å²) in [6.45, 7) is 2.38. The Morgan fingerprint density at radius 3 is 2.81 bits per heavy atom. The third kappa shape index (κ3) is 7.10. The van der Waals surface area contributed by atoms with Crippen molar-refractivity contribution >= 4 is 22.3 Å². The molecule has 2 aromatic rings. The van der Waals surface area contributed by atoms with Crippen molar-refractivity contribution in [2.45, 2.75) is 24.3 Å². The van der Waals surface area contributed by atoms with Gasteiger partial charge in [0.25, 0.3) is 5.84 Å². The van der Waals surface area contributed by atoms with Crippen LogP contribution in [0, 0.1) is 5.82 Å². The quantitative estimate of drug-likeness (QED) is 0.221. The van der Waals surface area contributed by atoms with Crippen molar-refractivity contribution in [1.82, 2.24) is 10.6 Å². The van der Waals surface area contributed by atoms with Gasteiger partial charge in [0.1, 0.15) is 22.5 Å². The third-order valence-electron chi connectivity index (χ3n) is 5.00. The van der Waals surface area contributed by atoms with Gasteiger partial charge in [-0.1, -0.05) is 10.6 Å². The van der Waals surface area contributed by atoms with Crippen LogP contribution in [0.2, 0.25) is 0 Å². The highest BCUT2D eigenvalue weighted by Crippen LogP contribution is 2.55. The second kappa shape index (κ2) is 12.1. The highest BCUT2D eigenvalue weighted by molar-refractivity contribution is 8.24. The lowest BCUT2D eigenvalue weighted by atomic mass is 10.1. The lowest BCUT2D eigenvalue weighted by Crippen LogP contribution is -2.49. The molecule has 3 rings (SSSR count). The second-order valence-corrected chi connectivity index (χ2v) is 10.3. The molecule has 1 heterocycles. The zero-order chi connectivity index (χ0) is 26.3. The van der Waals surface area contributed by atoms with Gasteiger partial charge in [0.15, 0.2) is 17.3 Å². The molecular formula is C24H32FN3O7S+2. The van der Waals surface area contributed by atoms with Crippen LogP contribution in [0.4, 0.5) is 4.39 Å². The van der Waals surface area contributed by atoms with Gasteiger partial charge in [0.2, 0.25) is 0 Å². The molecule has 1 aliphatic rings. The molecule has 36 heavy (non-hydrogen) atoms. The Morgan fingerprint density at radius 2 is 2.08 bits per heavy atom. The van der Waals surface area contributed by atoms with Crippen LogP contribution in [-0.2, 0) is 4.74 Å².